The summed E-state index contributed by atoms with van der Waals surface area (Å²) in [6.07, 6.45) is 7.41. The molecule has 4 heteroatoms. The Morgan fingerprint density at radius 1 is 1.35 bits per heavy atom. The zero-order valence-electron chi connectivity index (χ0n) is 13.5. The second-order valence-electron chi connectivity index (χ2n) is 6.76. The normalized spacial score (nSPS) is 26.9. The molecule has 2 rings (SSSR count). The monoisotopic (exact) mass is 281 g/mol. The summed E-state index contributed by atoms with van der Waals surface area (Å²) in [5, 5.41) is 3.26. The number of likely N-dealkylation sites (N-methyl/N-ethyl adjacent to an activating group) is 1. The van der Waals surface area contributed by atoms with E-state index >= 15 is 0 Å². The van der Waals surface area contributed by atoms with Crippen molar-refractivity contribution in [3.63, 3.8) is 0 Å². The van der Waals surface area contributed by atoms with E-state index in [-0.39, 0.29) is 17.4 Å². The largest absolute Gasteiger partial charge is 0.354 e. The molecule has 1 aliphatic heterocycles. The Bertz CT molecular complexity index is 326. The van der Waals surface area contributed by atoms with Crippen LogP contribution in [0.15, 0.2) is 0 Å². The number of carbonyl (C=O) groups is 1. The minimum absolute atomic E-state index is 0.201. The maximum atomic E-state index is 12.3. The average Bonchev–Trinajstić information content (AvgIpc) is 2.91. The Labute approximate surface area is 123 Å². The van der Waals surface area contributed by atoms with E-state index in [1.54, 1.807) is 0 Å². The van der Waals surface area contributed by atoms with Crippen molar-refractivity contribution in [1.29, 1.82) is 0 Å². The molecule has 0 radical (unpaired) electrons. The molecule has 1 aliphatic carbocycles. The third-order valence-corrected chi connectivity index (χ3v) is 5.42. The van der Waals surface area contributed by atoms with Gasteiger partial charge in [0.05, 0.1) is 5.92 Å². The van der Waals surface area contributed by atoms with E-state index in [0.29, 0.717) is 0 Å². The Morgan fingerprint density at radius 2 is 2.05 bits per heavy atom. The van der Waals surface area contributed by atoms with Crippen LogP contribution >= 0.6 is 0 Å². The minimum atomic E-state index is 0.201. The van der Waals surface area contributed by atoms with Gasteiger partial charge >= 0.3 is 0 Å². The Kier molecular flexibility index (Phi) is 5.44. The van der Waals surface area contributed by atoms with Gasteiger partial charge in [0.15, 0.2) is 0 Å². The molecule has 0 spiro atoms. The highest BCUT2D eigenvalue weighted by Gasteiger charge is 2.36. The first-order chi connectivity index (χ1) is 9.57. The van der Waals surface area contributed by atoms with Crippen LogP contribution in [0, 0.1) is 5.92 Å². The van der Waals surface area contributed by atoms with Crippen LogP contribution in [0.4, 0.5) is 0 Å². The molecule has 1 N–H and O–H groups in total. The van der Waals surface area contributed by atoms with E-state index in [9.17, 15) is 4.79 Å². The van der Waals surface area contributed by atoms with E-state index in [2.05, 4.69) is 36.1 Å². The van der Waals surface area contributed by atoms with Gasteiger partial charge in [0.25, 0.3) is 0 Å². The predicted molar refractivity (Wildman–Crippen MR) is 82.7 cm³/mol. The van der Waals surface area contributed by atoms with Crippen molar-refractivity contribution in [2.24, 2.45) is 5.92 Å². The third-order valence-electron chi connectivity index (χ3n) is 5.42. The van der Waals surface area contributed by atoms with Crippen molar-refractivity contribution in [3.05, 3.63) is 0 Å². The molecule has 1 unspecified atom stereocenters. The number of amides is 1. The molecular weight excluding hydrogens is 250 g/mol. The minimum Gasteiger partial charge on any atom is -0.354 e. The topological polar surface area (TPSA) is 35.6 Å². The highest BCUT2D eigenvalue weighted by Crippen LogP contribution is 2.32. The van der Waals surface area contributed by atoms with E-state index in [1.807, 2.05) is 0 Å². The lowest BCUT2D eigenvalue weighted by Gasteiger charge is -2.44. The van der Waals surface area contributed by atoms with Gasteiger partial charge < -0.3 is 10.2 Å². The van der Waals surface area contributed by atoms with Gasteiger partial charge in [-0.2, -0.15) is 0 Å². The summed E-state index contributed by atoms with van der Waals surface area (Å²) in [4.78, 5) is 17.0. The summed E-state index contributed by atoms with van der Waals surface area (Å²) in [7, 11) is 4.31. The lowest BCUT2D eigenvalue weighted by atomic mass is 9.80. The third kappa shape index (κ3) is 3.53. The van der Waals surface area contributed by atoms with Gasteiger partial charge in [-0.1, -0.05) is 26.2 Å². The standard InChI is InChI=1S/C16H31N3O/c1-4-19(3)16(9-6-5-7-10-16)13-17-15(20)14-8-11-18(2)12-14/h14H,4-13H2,1-3H3,(H,17,20). The quantitative estimate of drug-likeness (QED) is 0.833. The second-order valence-corrected chi connectivity index (χ2v) is 6.76. The van der Waals surface area contributed by atoms with Crippen LogP contribution in [0.1, 0.15) is 45.4 Å². The average molecular weight is 281 g/mol. The number of hydrogen-bond acceptors (Lipinski definition) is 3. The van der Waals surface area contributed by atoms with Gasteiger partial charge in [-0.3, -0.25) is 9.69 Å². The summed E-state index contributed by atoms with van der Waals surface area (Å²) in [5.41, 5.74) is 0.202. The van der Waals surface area contributed by atoms with Crippen molar-refractivity contribution in [2.45, 2.75) is 51.0 Å². The van der Waals surface area contributed by atoms with Crippen molar-refractivity contribution in [3.8, 4) is 0 Å². The zero-order valence-corrected chi connectivity index (χ0v) is 13.5. The van der Waals surface area contributed by atoms with E-state index in [1.165, 1.54) is 32.1 Å². The first-order valence-corrected chi connectivity index (χ1v) is 8.25. The van der Waals surface area contributed by atoms with Crippen LogP contribution in [-0.2, 0) is 4.79 Å². The summed E-state index contributed by atoms with van der Waals surface area (Å²) in [5.74, 6) is 0.469. The Balaban J connectivity index is 1.90. The molecule has 0 aromatic heterocycles. The smallest absolute Gasteiger partial charge is 0.224 e. The van der Waals surface area contributed by atoms with Gasteiger partial charge in [0.1, 0.15) is 0 Å². The molecule has 0 aromatic carbocycles. The lowest BCUT2D eigenvalue weighted by Crippen LogP contribution is -2.55. The SMILES string of the molecule is CCN(C)C1(CNC(=O)C2CCN(C)C2)CCCCC1. The van der Waals surface area contributed by atoms with Crippen molar-refractivity contribution in [2.75, 3.05) is 40.3 Å². The molecule has 1 saturated heterocycles. The molecule has 1 atom stereocenters. The molecule has 2 fully saturated rings. The molecule has 116 valence electrons. The summed E-state index contributed by atoms with van der Waals surface area (Å²) in [6.45, 7) is 6.07. The second kappa shape index (κ2) is 6.90. The summed E-state index contributed by atoms with van der Waals surface area (Å²) in [6, 6.07) is 0. The van der Waals surface area contributed by atoms with Crippen LogP contribution < -0.4 is 5.32 Å². The number of carbonyl (C=O) groups excluding carboxylic acids is 1. The van der Waals surface area contributed by atoms with E-state index < -0.39 is 0 Å². The molecule has 1 heterocycles. The number of rotatable bonds is 5. The van der Waals surface area contributed by atoms with Crippen LogP contribution in [0.5, 0.6) is 0 Å². The van der Waals surface area contributed by atoms with Crippen LogP contribution in [0.2, 0.25) is 0 Å². The number of nitrogens with one attached hydrogen (secondary N) is 1. The first kappa shape index (κ1) is 15.8. The molecule has 2 aliphatic rings. The Morgan fingerprint density at radius 3 is 2.60 bits per heavy atom. The van der Waals surface area contributed by atoms with Gasteiger partial charge in [0, 0.05) is 18.6 Å². The maximum Gasteiger partial charge on any atom is 0.224 e. The van der Waals surface area contributed by atoms with Crippen LogP contribution in [-0.4, -0.2) is 61.5 Å². The molecule has 0 bridgehead atoms. The molecule has 20 heavy (non-hydrogen) atoms. The van der Waals surface area contributed by atoms with Gasteiger partial charge in [-0.25, -0.2) is 0 Å². The number of hydrogen-bond donors (Lipinski definition) is 1. The molecule has 1 amide bonds. The van der Waals surface area contributed by atoms with Gasteiger partial charge in [-0.05, 0) is 46.4 Å². The first-order valence-electron chi connectivity index (χ1n) is 8.25. The zero-order chi connectivity index (χ0) is 14.6. The summed E-state index contributed by atoms with van der Waals surface area (Å²) < 4.78 is 0. The number of nitrogens with zero attached hydrogens (tertiary/aromatic N) is 2. The Hall–Kier alpha value is -0.610. The van der Waals surface area contributed by atoms with Crippen molar-refractivity contribution < 1.29 is 4.79 Å². The molecular formula is C16H31N3O. The van der Waals surface area contributed by atoms with E-state index in [4.69, 9.17) is 0 Å². The van der Waals surface area contributed by atoms with Crippen LogP contribution in [0.25, 0.3) is 0 Å². The predicted octanol–water partition coefficient (Wildman–Crippen LogP) is 1.71. The van der Waals surface area contributed by atoms with Crippen molar-refractivity contribution in [1.82, 2.24) is 15.1 Å². The fraction of sp³-hybridized carbons (Fsp3) is 0.938. The molecule has 0 aromatic rings. The summed E-state index contributed by atoms with van der Waals surface area (Å²) >= 11 is 0. The number of likely N-dealkylation sites (tertiary alicyclic amines) is 1. The lowest BCUT2D eigenvalue weighted by molar-refractivity contribution is -0.125. The van der Waals surface area contributed by atoms with Gasteiger partial charge in [0.2, 0.25) is 5.91 Å². The highest BCUT2D eigenvalue weighted by atomic mass is 16.1. The molecule has 4 nitrogen and oxygen atoms in total. The fourth-order valence-electron chi connectivity index (χ4n) is 3.78. The van der Waals surface area contributed by atoms with Crippen LogP contribution in [0.3, 0.4) is 0 Å². The van der Waals surface area contributed by atoms with Gasteiger partial charge in [-0.15, -0.1) is 0 Å². The molecule has 1 saturated carbocycles. The highest BCUT2D eigenvalue weighted by molar-refractivity contribution is 5.79. The van der Waals surface area contributed by atoms with Crippen molar-refractivity contribution >= 4 is 5.91 Å². The van der Waals surface area contributed by atoms with E-state index in [0.717, 1.165) is 32.6 Å². The maximum absolute atomic E-state index is 12.3. The fourth-order valence-corrected chi connectivity index (χ4v) is 3.78.